The van der Waals surface area contributed by atoms with Crippen molar-refractivity contribution < 1.29 is 4.42 Å². The first-order chi connectivity index (χ1) is 6.09. The van der Waals surface area contributed by atoms with Crippen LogP contribution in [-0.4, -0.2) is 4.98 Å². The van der Waals surface area contributed by atoms with E-state index in [4.69, 9.17) is 21.8 Å². The molecule has 0 fully saturated rings. The molecule has 1 aromatic carbocycles. The molecule has 13 heavy (non-hydrogen) atoms. The SMILES string of the molecule is Cc1c(N)cc(Cl)c2oc(=O)[nH]c12. The molecule has 0 bridgehead atoms. The van der Waals surface area contributed by atoms with E-state index in [2.05, 4.69) is 4.98 Å². The van der Waals surface area contributed by atoms with Gasteiger partial charge in [0.1, 0.15) is 0 Å². The lowest BCUT2D eigenvalue weighted by atomic mass is 10.2. The van der Waals surface area contributed by atoms with Crippen LogP contribution in [0.25, 0.3) is 11.1 Å². The minimum Gasteiger partial charge on any atom is -0.406 e. The highest BCUT2D eigenvalue weighted by molar-refractivity contribution is 6.35. The Morgan fingerprint density at radius 3 is 3.00 bits per heavy atom. The van der Waals surface area contributed by atoms with Crippen LogP contribution in [0.3, 0.4) is 0 Å². The fourth-order valence-electron chi connectivity index (χ4n) is 1.21. The van der Waals surface area contributed by atoms with Crippen LogP contribution in [0.1, 0.15) is 5.56 Å². The summed E-state index contributed by atoms with van der Waals surface area (Å²) in [6.45, 7) is 1.79. The van der Waals surface area contributed by atoms with Crippen molar-refractivity contribution in [1.82, 2.24) is 4.98 Å². The molecule has 2 rings (SSSR count). The normalized spacial score (nSPS) is 10.9. The van der Waals surface area contributed by atoms with E-state index in [0.717, 1.165) is 5.56 Å². The minimum absolute atomic E-state index is 0.344. The lowest BCUT2D eigenvalue weighted by Gasteiger charge is -2.00. The monoisotopic (exact) mass is 198 g/mol. The molecule has 0 saturated carbocycles. The van der Waals surface area contributed by atoms with Gasteiger partial charge in [0.2, 0.25) is 0 Å². The Balaban J connectivity index is 3.04. The summed E-state index contributed by atoms with van der Waals surface area (Å²) < 4.78 is 4.84. The molecule has 68 valence electrons. The van der Waals surface area contributed by atoms with Crippen LogP contribution in [0.5, 0.6) is 0 Å². The summed E-state index contributed by atoms with van der Waals surface area (Å²) in [5.74, 6) is -0.523. The maximum Gasteiger partial charge on any atom is 0.417 e. The molecule has 0 atom stereocenters. The number of H-pyrrole nitrogens is 1. The fourth-order valence-corrected chi connectivity index (χ4v) is 1.47. The van der Waals surface area contributed by atoms with E-state index < -0.39 is 5.76 Å². The Morgan fingerprint density at radius 2 is 2.31 bits per heavy atom. The van der Waals surface area contributed by atoms with Crippen molar-refractivity contribution >= 4 is 28.4 Å². The molecule has 0 spiro atoms. The highest BCUT2D eigenvalue weighted by Crippen LogP contribution is 2.28. The number of halogens is 1. The van der Waals surface area contributed by atoms with Gasteiger partial charge < -0.3 is 10.2 Å². The molecule has 3 N–H and O–H groups in total. The molecular weight excluding hydrogens is 192 g/mol. The van der Waals surface area contributed by atoms with Gasteiger partial charge in [-0.3, -0.25) is 4.98 Å². The van der Waals surface area contributed by atoms with E-state index in [1.165, 1.54) is 0 Å². The van der Waals surface area contributed by atoms with Gasteiger partial charge in [-0.1, -0.05) is 11.6 Å². The number of hydrogen-bond donors (Lipinski definition) is 2. The first kappa shape index (κ1) is 8.19. The number of nitrogen functional groups attached to an aromatic ring is 1. The van der Waals surface area contributed by atoms with Gasteiger partial charge in [-0.15, -0.1) is 0 Å². The van der Waals surface area contributed by atoms with Crippen molar-refractivity contribution in [2.24, 2.45) is 0 Å². The summed E-state index contributed by atoms with van der Waals surface area (Å²) in [7, 11) is 0. The summed E-state index contributed by atoms with van der Waals surface area (Å²) in [5.41, 5.74) is 7.88. The molecule has 1 aromatic heterocycles. The van der Waals surface area contributed by atoms with E-state index in [1.807, 2.05) is 0 Å². The number of aromatic nitrogens is 1. The van der Waals surface area contributed by atoms with Gasteiger partial charge in [-0.05, 0) is 18.6 Å². The number of nitrogens with one attached hydrogen (secondary N) is 1. The second-order valence-electron chi connectivity index (χ2n) is 2.79. The number of aromatic amines is 1. The third-order valence-corrected chi connectivity index (χ3v) is 2.24. The van der Waals surface area contributed by atoms with Crippen LogP contribution < -0.4 is 11.5 Å². The van der Waals surface area contributed by atoms with E-state index in [-0.39, 0.29) is 0 Å². The van der Waals surface area contributed by atoms with Crippen molar-refractivity contribution in [3.05, 3.63) is 27.2 Å². The van der Waals surface area contributed by atoms with Crippen LogP contribution >= 0.6 is 11.6 Å². The summed E-state index contributed by atoms with van der Waals surface area (Å²) in [5, 5.41) is 0.344. The number of fused-ring (bicyclic) bond motifs is 1. The van der Waals surface area contributed by atoms with Crippen molar-refractivity contribution in [2.75, 3.05) is 5.73 Å². The third kappa shape index (κ3) is 1.10. The zero-order chi connectivity index (χ0) is 9.59. The zero-order valence-corrected chi connectivity index (χ0v) is 7.61. The average Bonchev–Trinajstić information content (AvgIpc) is 2.44. The number of rotatable bonds is 0. The maximum absolute atomic E-state index is 10.9. The molecule has 0 aliphatic rings. The second kappa shape index (κ2) is 2.53. The Labute approximate surface area is 78.3 Å². The molecule has 0 amide bonds. The average molecular weight is 199 g/mol. The smallest absolute Gasteiger partial charge is 0.406 e. The highest BCUT2D eigenvalue weighted by Gasteiger charge is 2.10. The van der Waals surface area contributed by atoms with E-state index in [0.29, 0.717) is 21.8 Å². The largest absolute Gasteiger partial charge is 0.417 e. The Bertz CT molecular complexity index is 527. The van der Waals surface area contributed by atoms with Gasteiger partial charge in [-0.2, -0.15) is 0 Å². The van der Waals surface area contributed by atoms with Crippen molar-refractivity contribution in [1.29, 1.82) is 0 Å². The number of hydrogen-bond acceptors (Lipinski definition) is 3. The molecule has 1 heterocycles. The molecular formula is C8H7ClN2O2. The van der Waals surface area contributed by atoms with E-state index >= 15 is 0 Å². The molecule has 0 aliphatic heterocycles. The van der Waals surface area contributed by atoms with Crippen molar-refractivity contribution in [3.63, 3.8) is 0 Å². The van der Waals surface area contributed by atoms with Crippen molar-refractivity contribution in [2.45, 2.75) is 6.92 Å². The van der Waals surface area contributed by atoms with Gasteiger partial charge in [0.25, 0.3) is 0 Å². The molecule has 2 aromatic rings. The number of anilines is 1. The molecule has 0 aliphatic carbocycles. The van der Waals surface area contributed by atoms with Gasteiger partial charge in [0, 0.05) is 5.69 Å². The molecule has 0 unspecified atom stereocenters. The topological polar surface area (TPSA) is 72.0 Å². The van der Waals surface area contributed by atoms with Gasteiger partial charge in [-0.25, -0.2) is 4.79 Å². The van der Waals surface area contributed by atoms with Gasteiger partial charge in [0.05, 0.1) is 10.5 Å². The number of oxazole rings is 1. The highest BCUT2D eigenvalue weighted by atomic mass is 35.5. The first-order valence-corrected chi connectivity index (χ1v) is 4.05. The first-order valence-electron chi connectivity index (χ1n) is 3.67. The van der Waals surface area contributed by atoms with Gasteiger partial charge >= 0.3 is 5.76 Å². The Kier molecular flexibility index (Phi) is 1.60. The Morgan fingerprint density at radius 1 is 1.62 bits per heavy atom. The van der Waals surface area contributed by atoms with Crippen LogP contribution in [0.4, 0.5) is 5.69 Å². The lowest BCUT2D eigenvalue weighted by molar-refractivity contribution is 0.555. The predicted molar refractivity (Wildman–Crippen MR) is 51.0 cm³/mol. The maximum atomic E-state index is 10.9. The lowest BCUT2D eigenvalue weighted by Crippen LogP contribution is -1.94. The summed E-state index contributed by atoms with van der Waals surface area (Å²) in [6.07, 6.45) is 0. The van der Waals surface area contributed by atoms with E-state index in [1.54, 1.807) is 13.0 Å². The zero-order valence-electron chi connectivity index (χ0n) is 6.85. The quantitative estimate of drug-likeness (QED) is 0.633. The molecule has 5 heteroatoms. The van der Waals surface area contributed by atoms with E-state index in [9.17, 15) is 4.79 Å². The van der Waals surface area contributed by atoms with Crippen LogP contribution in [0, 0.1) is 6.92 Å². The minimum atomic E-state index is -0.523. The van der Waals surface area contributed by atoms with Crippen LogP contribution in [0.15, 0.2) is 15.3 Å². The predicted octanol–water partition coefficient (Wildman–Crippen LogP) is 1.67. The number of benzene rings is 1. The van der Waals surface area contributed by atoms with Gasteiger partial charge in [0.15, 0.2) is 5.58 Å². The van der Waals surface area contributed by atoms with Crippen LogP contribution in [0.2, 0.25) is 5.02 Å². The molecule has 4 nitrogen and oxygen atoms in total. The van der Waals surface area contributed by atoms with Crippen molar-refractivity contribution in [3.8, 4) is 0 Å². The molecule has 0 saturated heterocycles. The van der Waals surface area contributed by atoms with Crippen LogP contribution in [-0.2, 0) is 0 Å². The summed E-state index contributed by atoms with van der Waals surface area (Å²) in [4.78, 5) is 13.4. The third-order valence-electron chi connectivity index (χ3n) is 1.96. The standard InChI is InChI=1S/C8H7ClN2O2/c1-3-5(10)2-4(9)7-6(3)11-8(12)13-7/h2H,10H2,1H3,(H,11,12). The second-order valence-corrected chi connectivity index (χ2v) is 3.20. The summed E-state index contributed by atoms with van der Waals surface area (Å²) in [6, 6.07) is 1.57. The summed E-state index contributed by atoms with van der Waals surface area (Å²) >= 11 is 5.81. The Hall–Kier alpha value is -1.42. The number of aryl methyl sites for hydroxylation is 1. The number of nitrogens with two attached hydrogens (primary N) is 1. The molecule has 0 radical (unpaired) electrons. The fraction of sp³-hybridized carbons (Fsp3) is 0.125.